The van der Waals surface area contributed by atoms with Gasteiger partial charge in [0.05, 0.1) is 18.6 Å². The van der Waals surface area contributed by atoms with Crippen molar-refractivity contribution in [3.8, 4) is 0 Å². The Hall–Kier alpha value is -0.783. The number of morpholine rings is 1. The molecule has 0 unspecified atom stereocenters. The van der Waals surface area contributed by atoms with Crippen LogP contribution < -0.4 is 4.90 Å². The van der Waals surface area contributed by atoms with E-state index in [-0.39, 0.29) is 0 Å². The SMILES string of the molecule is C[Si](C)(C)CCOCn1nc(I)c2c(N3CCOCC3)ncnc21. The Morgan fingerprint density at radius 2 is 2.00 bits per heavy atom. The second-order valence-electron chi connectivity index (χ2n) is 7.13. The second kappa shape index (κ2) is 7.62. The van der Waals surface area contributed by atoms with E-state index in [1.54, 1.807) is 6.33 Å². The van der Waals surface area contributed by atoms with E-state index in [2.05, 4.69) is 62.2 Å². The molecular weight excluding hydrogens is 437 g/mol. The summed E-state index contributed by atoms with van der Waals surface area (Å²) in [6.45, 7) is 11.4. The number of halogens is 1. The molecule has 0 saturated carbocycles. The molecule has 0 amide bonds. The van der Waals surface area contributed by atoms with Crippen molar-refractivity contribution in [1.82, 2.24) is 19.7 Å². The molecule has 3 heterocycles. The van der Waals surface area contributed by atoms with Crippen LogP contribution in [0.2, 0.25) is 25.7 Å². The molecule has 3 rings (SSSR count). The van der Waals surface area contributed by atoms with E-state index >= 15 is 0 Å². The Labute approximate surface area is 156 Å². The van der Waals surface area contributed by atoms with Gasteiger partial charge in [-0.25, -0.2) is 14.6 Å². The molecule has 1 aliphatic heterocycles. The predicted molar refractivity (Wildman–Crippen MR) is 105 cm³/mol. The van der Waals surface area contributed by atoms with Gasteiger partial charge in [0.25, 0.3) is 0 Å². The molecule has 9 heteroatoms. The van der Waals surface area contributed by atoms with E-state index in [9.17, 15) is 0 Å². The molecule has 0 aromatic carbocycles. The van der Waals surface area contributed by atoms with Gasteiger partial charge in [-0.2, -0.15) is 5.10 Å². The molecule has 0 spiro atoms. The van der Waals surface area contributed by atoms with E-state index in [1.165, 1.54) is 0 Å². The first-order valence-corrected chi connectivity index (χ1v) is 13.0. The molecule has 1 fully saturated rings. The fourth-order valence-electron chi connectivity index (χ4n) is 2.59. The minimum absolute atomic E-state index is 0.434. The van der Waals surface area contributed by atoms with Crippen molar-refractivity contribution >= 4 is 47.5 Å². The van der Waals surface area contributed by atoms with Gasteiger partial charge in [0.1, 0.15) is 22.6 Å². The van der Waals surface area contributed by atoms with Crippen LogP contribution in [0, 0.1) is 3.70 Å². The fourth-order valence-corrected chi connectivity index (χ4v) is 4.08. The first-order chi connectivity index (χ1) is 11.5. The molecule has 2 aromatic rings. The fraction of sp³-hybridized carbons (Fsp3) is 0.667. The summed E-state index contributed by atoms with van der Waals surface area (Å²) in [6.07, 6.45) is 1.61. The normalized spacial score (nSPS) is 16.1. The third kappa shape index (κ3) is 4.24. The number of anilines is 1. The zero-order valence-electron chi connectivity index (χ0n) is 14.5. The third-order valence-electron chi connectivity index (χ3n) is 3.99. The van der Waals surface area contributed by atoms with Crippen LogP contribution in [-0.4, -0.2) is 60.7 Å². The molecule has 0 bridgehead atoms. The maximum Gasteiger partial charge on any atom is 0.166 e. The molecule has 1 aliphatic rings. The predicted octanol–water partition coefficient (Wildman–Crippen LogP) is 2.58. The van der Waals surface area contributed by atoms with Gasteiger partial charge in [0.15, 0.2) is 5.65 Å². The summed E-state index contributed by atoms with van der Waals surface area (Å²) >= 11 is 2.26. The van der Waals surface area contributed by atoms with Crippen molar-refractivity contribution in [1.29, 1.82) is 0 Å². The topological polar surface area (TPSA) is 65.3 Å². The second-order valence-corrected chi connectivity index (χ2v) is 13.8. The van der Waals surface area contributed by atoms with Gasteiger partial charge in [0, 0.05) is 27.8 Å². The molecule has 24 heavy (non-hydrogen) atoms. The number of ether oxygens (including phenoxy) is 2. The Bertz CT molecular complexity index is 697. The number of nitrogens with zero attached hydrogens (tertiary/aromatic N) is 5. The van der Waals surface area contributed by atoms with E-state index < -0.39 is 8.07 Å². The van der Waals surface area contributed by atoms with Crippen molar-refractivity contribution < 1.29 is 9.47 Å². The number of aromatic nitrogens is 4. The number of fused-ring (bicyclic) bond motifs is 1. The minimum atomic E-state index is -1.08. The Morgan fingerprint density at radius 1 is 1.25 bits per heavy atom. The lowest BCUT2D eigenvalue weighted by Crippen LogP contribution is -2.36. The Morgan fingerprint density at radius 3 is 2.71 bits per heavy atom. The van der Waals surface area contributed by atoms with Crippen LogP contribution in [0.25, 0.3) is 11.0 Å². The van der Waals surface area contributed by atoms with Crippen LogP contribution in [0.3, 0.4) is 0 Å². The van der Waals surface area contributed by atoms with Crippen LogP contribution in [0.5, 0.6) is 0 Å². The summed E-state index contributed by atoms with van der Waals surface area (Å²) < 4.78 is 14.0. The summed E-state index contributed by atoms with van der Waals surface area (Å²) in [4.78, 5) is 11.2. The van der Waals surface area contributed by atoms with Crippen LogP contribution in [0.4, 0.5) is 5.82 Å². The van der Waals surface area contributed by atoms with Crippen LogP contribution in [-0.2, 0) is 16.2 Å². The van der Waals surface area contributed by atoms with E-state index in [1.807, 2.05) is 4.68 Å². The first-order valence-electron chi connectivity index (χ1n) is 8.23. The highest BCUT2D eigenvalue weighted by Crippen LogP contribution is 2.28. The standard InChI is InChI=1S/C15H24IN5O2Si/c1-24(2,3)9-8-23-11-21-15-12(13(16)19-21)14(17-10-18-15)20-4-6-22-7-5-20/h10H,4-9,11H2,1-3H3. The van der Waals surface area contributed by atoms with Gasteiger partial charge in [0.2, 0.25) is 0 Å². The van der Waals surface area contributed by atoms with Crippen molar-refractivity contribution in [2.75, 3.05) is 37.8 Å². The van der Waals surface area contributed by atoms with Crippen molar-refractivity contribution in [2.45, 2.75) is 32.4 Å². The summed E-state index contributed by atoms with van der Waals surface area (Å²) in [6, 6.07) is 1.15. The van der Waals surface area contributed by atoms with Gasteiger partial charge in [-0.1, -0.05) is 19.6 Å². The summed E-state index contributed by atoms with van der Waals surface area (Å²) in [5.74, 6) is 0.945. The van der Waals surface area contributed by atoms with Crippen molar-refractivity contribution in [3.63, 3.8) is 0 Å². The average molecular weight is 461 g/mol. The number of rotatable bonds is 6. The summed E-state index contributed by atoms with van der Waals surface area (Å²) in [7, 11) is -1.08. The highest BCUT2D eigenvalue weighted by Gasteiger charge is 2.21. The highest BCUT2D eigenvalue weighted by atomic mass is 127. The zero-order chi connectivity index (χ0) is 17.2. The molecule has 132 valence electrons. The highest BCUT2D eigenvalue weighted by molar-refractivity contribution is 14.1. The van der Waals surface area contributed by atoms with Crippen LogP contribution >= 0.6 is 22.6 Å². The summed E-state index contributed by atoms with van der Waals surface area (Å²) in [5.41, 5.74) is 0.837. The monoisotopic (exact) mass is 461 g/mol. The van der Waals surface area contributed by atoms with E-state index in [0.29, 0.717) is 6.73 Å². The van der Waals surface area contributed by atoms with E-state index in [0.717, 1.165) is 59.5 Å². The smallest absolute Gasteiger partial charge is 0.166 e. The zero-order valence-corrected chi connectivity index (χ0v) is 17.6. The molecule has 1 saturated heterocycles. The number of hydrogen-bond donors (Lipinski definition) is 0. The lowest BCUT2D eigenvalue weighted by Gasteiger charge is -2.28. The van der Waals surface area contributed by atoms with Crippen molar-refractivity contribution in [2.24, 2.45) is 0 Å². The van der Waals surface area contributed by atoms with Crippen LogP contribution in [0.15, 0.2) is 6.33 Å². The lowest BCUT2D eigenvalue weighted by molar-refractivity contribution is 0.0810. The van der Waals surface area contributed by atoms with Gasteiger partial charge < -0.3 is 14.4 Å². The van der Waals surface area contributed by atoms with Crippen LogP contribution in [0.1, 0.15) is 0 Å². The molecular formula is C15H24IN5O2Si. The lowest BCUT2D eigenvalue weighted by atomic mass is 10.3. The summed E-state index contributed by atoms with van der Waals surface area (Å²) in [5, 5.41) is 5.62. The molecule has 0 aliphatic carbocycles. The molecule has 0 atom stereocenters. The maximum absolute atomic E-state index is 5.84. The van der Waals surface area contributed by atoms with Crippen molar-refractivity contribution in [3.05, 3.63) is 10.0 Å². The van der Waals surface area contributed by atoms with Gasteiger partial charge in [-0.05, 0) is 28.6 Å². The Balaban J connectivity index is 1.78. The molecule has 0 radical (unpaired) electrons. The van der Waals surface area contributed by atoms with Gasteiger partial charge in [-0.3, -0.25) is 0 Å². The van der Waals surface area contributed by atoms with Gasteiger partial charge in [-0.15, -0.1) is 0 Å². The largest absolute Gasteiger partial charge is 0.378 e. The first kappa shape index (κ1) is 18.0. The average Bonchev–Trinajstić information content (AvgIpc) is 2.88. The van der Waals surface area contributed by atoms with Gasteiger partial charge >= 0.3 is 0 Å². The Kier molecular flexibility index (Phi) is 5.73. The van der Waals surface area contributed by atoms with E-state index in [4.69, 9.17) is 9.47 Å². The minimum Gasteiger partial charge on any atom is -0.378 e. The molecule has 0 N–H and O–H groups in total. The third-order valence-corrected chi connectivity index (χ3v) is 6.45. The number of hydrogen-bond acceptors (Lipinski definition) is 6. The molecule has 2 aromatic heterocycles. The maximum atomic E-state index is 5.84. The quantitative estimate of drug-likeness (QED) is 0.375. The molecule has 7 nitrogen and oxygen atoms in total.